The minimum absolute atomic E-state index is 0.223. The van der Waals surface area contributed by atoms with Gasteiger partial charge >= 0.3 is 0 Å². The summed E-state index contributed by atoms with van der Waals surface area (Å²) < 4.78 is 0. The van der Waals surface area contributed by atoms with Crippen LogP contribution in [0.25, 0.3) is 11.1 Å². The lowest BCUT2D eigenvalue weighted by atomic mass is 9.74. The van der Waals surface area contributed by atoms with Gasteiger partial charge in [0.2, 0.25) is 0 Å². The number of hydrogen-bond donors (Lipinski definition) is 0. The molecule has 0 bridgehead atoms. The highest BCUT2D eigenvalue weighted by Crippen LogP contribution is 2.52. The molecule has 3 rings (SSSR count). The van der Waals surface area contributed by atoms with Crippen LogP contribution in [-0.2, 0) is 5.41 Å². The molecule has 0 unspecified atom stereocenters. The fraction of sp³-hybridized carbons (Fsp3) is 0.294. The van der Waals surface area contributed by atoms with E-state index in [-0.39, 0.29) is 5.41 Å². The van der Waals surface area contributed by atoms with Crippen molar-refractivity contribution in [2.75, 3.05) is 0 Å². The first-order valence-corrected chi connectivity index (χ1v) is 6.44. The summed E-state index contributed by atoms with van der Waals surface area (Å²) in [5.74, 6) is 0. The van der Waals surface area contributed by atoms with Crippen molar-refractivity contribution in [2.45, 2.75) is 32.1 Å². The third-order valence-electron chi connectivity index (χ3n) is 4.32. The van der Waals surface area contributed by atoms with Crippen molar-refractivity contribution in [1.29, 1.82) is 0 Å². The Balaban J connectivity index is 2.38. The van der Waals surface area contributed by atoms with Gasteiger partial charge in [-0.1, -0.05) is 50.2 Å². The maximum absolute atomic E-state index is 3.22. The minimum Gasteiger partial charge on any atom is -0.0642 e. The molecule has 0 aliphatic heterocycles. The maximum Gasteiger partial charge on any atom is 0.0210 e. The maximum atomic E-state index is 3.22. The van der Waals surface area contributed by atoms with Crippen LogP contribution in [0.3, 0.4) is 0 Å². The zero-order valence-corrected chi connectivity index (χ0v) is 10.5. The van der Waals surface area contributed by atoms with Gasteiger partial charge in [-0.25, -0.2) is 0 Å². The Labute approximate surface area is 103 Å². The van der Waals surface area contributed by atoms with E-state index in [9.17, 15) is 0 Å². The Morgan fingerprint density at radius 3 is 2.41 bits per heavy atom. The van der Waals surface area contributed by atoms with Gasteiger partial charge in [0.25, 0.3) is 0 Å². The van der Waals surface area contributed by atoms with E-state index >= 15 is 0 Å². The van der Waals surface area contributed by atoms with E-state index in [4.69, 9.17) is 0 Å². The molecule has 0 heteroatoms. The van der Waals surface area contributed by atoms with Crippen LogP contribution < -0.4 is 0 Å². The Kier molecular flexibility index (Phi) is 2.32. The molecule has 0 N–H and O–H groups in total. The van der Waals surface area contributed by atoms with E-state index in [1.807, 2.05) is 6.07 Å². The molecule has 0 amide bonds. The predicted molar refractivity (Wildman–Crippen MR) is 72.1 cm³/mol. The van der Waals surface area contributed by atoms with Gasteiger partial charge in [0, 0.05) is 5.41 Å². The lowest BCUT2D eigenvalue weighted by Gasteiger charge is -2.29. The van der Waals surface area contributed by atoms with Crippen LogP contribution in [0.1, 0.15) is 37.8 Å². The highest BCUT2D eigenvalue weighted by atomic mass is 14.4. The van der Waals surface area contributed by atoms with E-state index in [1.54, 1.807) is 0 Å². The summed E-state index contributed by atoms with van der Waals surface area (Å²) in [4.78, 5) is 0. The molecule has 1 aliphatic rings. The minimum atomic E-state index is 0.223. The van der Waals surface area contributed by atoms with Crippen molar-refractivity contribution >= 4 is 0 Å². The topological polar surface area (TPSA) is 0 Å². The molecule has 0 aromatic heterocycles. The van der Waals surface area contributed by atoms with E-state index in [1.165, 1.54) is 22.3 Å². The smallest absolute Gasteiger partial charge is 0.0210 e. The molecule has 0 saturated carbocycles. The zero-order valence-electron chi connectivity index (χ0n) is 10.5. The average Bonchev–Trinajstić information content (AvgIpc) is 2.70. The lowest BCUT2D eigenvalue weighted by molar-refractivity contribution is 0.490. The summed E-state index contributed by atoms with van der Waals surface area (Å²) in [6.45, 7) is 4.60. The number of rotatable bonds is 2. The van der Waals surface area contributed by atoms with Crippen LogP contribution in [0.15, 0.2) is 42.5 Å². The first-order valence-electron chi connectivity index (χ1n) is 6.44. The van der Waals surface area contributed by atoms with Crippen molar-refractivity contribution in [3.05, 3.63) is 59.7 Å². The highest BCUT2D eigenvalue weighted by Gasteiger charge is 2.39. The van der Waals surface area contributed by atoms with Gasteiger partial charge < -0.3 is 0 Å². The van der Waals surface area contributed by atoms with Crippen molar-refractivity contribution in [2.24, 2.45) is 0 Å². The molecule has 0 nitrogen and oxygen atoms in total. The van der Waals surface area contributed by atoms with Crippen molar-refractivity contribution in [1.82, 2.24) is 0 Å². The molecule has 17 heavy (non-hydrogen) atoms. The molecule has 0 spiro atoms. The van der Waals surface area contributed by atoms with Gasteiger partial charge in [0.15, 0.2) is 0 Å². The summed E-state index contributed by atoms with van der Waals surface area (Å²) in [5.41, 5.74) is 6.00. The summed E-state index contributed by atoms with van der Waals surface area (Å²) >= 11 is 0. The largest absolute Gasteiger partial charge is 0.0642 e. The Morgan fingerprint density at radius 2 is 1.65 bits per heavy atom. The zero-order chi connectivity index (χ0) is 11.9. The van der Waals surface area contributed by atoms with Crippen LogP contribution in [0.5, 0.6) is 0 Å². The lowest BCUT2D eigenvalue weighted by Crippen LogP contribution is -2.22. The predicted octanol–water partition coefficient (Wildman–Crippen LogP) is 4.57. The molecular weight excluding hydrogens is 204 g/mol. The van der Waals surface area contributed by atoms with Crippen LogP contribution >= 0.6 is 0 Å². The fourth-order valence-electron chi connectivity index (χ4n) is 3.36. The Hall–Kier alpha value is -1.56. The quantitative estimate of drug-likeness (QED) is 0.696. The van der Waals surface area contributed by atoms with Crippen LogP contribution in [-0.4, -0.2) is 0 Å². The molecule has 1 aliphatic carbocycles. The number of hydrogen-bond acceptors (Lipinski definition) is 0. The van der Waals surface area contributed by atoms with Gasteiger partial charge in [-0.3, -0.25) is 0 Å². The van der Waals surface area contributed by atoms with Crippen LogP contribution in [0, 0.1) is 6.07 Å². The Morgan fingerprint density at radius 1 is 0.941 bits per heavy atom. The molecule has 0 fully saturated rings. The Bertz CT molecular complexity index is 500. The van der Waals surface area contributed by atoms with E-state index in [2.05, 4.69) is 56.3 Å². The van der Waals surface area contributed by atoms with Gasteiger partial charge in [-0.2, -0.15) is 0 Å². The third-order valence-corrected chi connectivity index (χ3v) is 4.32. The fourth-order valence-corrected chi connectivity index (χ4v) is 3.36. The molecule has 0 atom stereocenters. The van der Waals surface area contributed by atoms with Gasteiger partial charge in [-0.05, 0) is 47.2 Å². The van der Waals surface area contributed by atoms with Crippen LogP contribution in [0.2, 0.25) is 0 Å². The van der Waals surface area contributed by atoms with Gasteiger partial charge in [-0.15, -0.1) is 0 Å². The van der Waals surface area contributed by atoms with Crippen molar-refractivity contribution in [3.8, 4) is 11.1 Å². The second kappa shape index (κ2) is 3.73. The standard InChI is InChI=1S/C17H17/c1-3-17(4-2)15-11-7-5-9-13(15)14-10-6-8-12-16(14)17/h5,7-12H,3-4H2,1-2H3. The normalized spacial score (nSPS) is 15.4. The number of fused-ring (bicyclic) bond motifs is 3. The molecule has 85 valence electrons. The summed E-state index contributed by atoms with van der Waals surface area (Å²) in [6, 6.07) is 18.5. The SMILES string of the molecule is CCC1(CC)c2cc[c]cc2-c2ccccc21. The molecule has 1 radical (unpaired) electrons. The summed E-state index contributed by atoms with van der Waals surface area (Å²) in [6.07, 6.45) is 2.33. The van der Waals surface area contributed by atoms with Gasteiger partial charge in [0.05, 0.1) is 0 Å². The first kappa shape index (κ1) is 10.6. The van der Waals surface area contributed by atoms with Crippen LogP contribution in [0.4, 0.5) is 0 Å². The van der Waals surface area contributed by atoms with Crippen molar-refractivity contribution < 1.29 is 0 Å². The second-order valence-corrected chi connectivity index (χ2v) is 4.81. The molecule has 2 aromatic carbocycles. The average molecular weight is 221 g/mol. The third kappa shape index (κ3) is 1.24. The molecule has 0 heterocycles. The summed E-state index contributed by atoms with van der Waals surface area (Å²) in [5, 5.41) is 0. The summed E-state index contributed by atoms with van der Waals surface area (Å²) in [7, 11) is 0. The van der Waals surface area contributed by atoms with E-state index in [0.717, 1.165) is 12.8 Å². The van der Waals surface area contributed by atoms with Crippen molar-refractivity contribution in [3.63, 3.8) is 0 Å². The second-order valence-electron chi connectivity index (χ2n) is 4.81. The highest BCUT2D eigenvalue weighted by molar-refractivity contribution is 5.80. The van der Waals surface area contributed by atoms with Gasteiger partial charge in [0.1, 0.15) is 0 Å². The molecular formula is C17H17. The molecule has 0 saturated heterocycles. The first-order chi connectivity index (χ1) is 8.33. The van der Waals surface area contributed by atoms with E-state index < -0.39 is 0 Å². The van der Waals surface area contributed by atoms with E-state index in [0.29, 0.717) is 0 Å². The monoisotopic (exact) mass is 221 g/mol. The number of benzene rings is 2. The molecule has 2 aromatic rings.